The predicted molar refractivity (Wildman–Crippen MR) is 141 cm³/mol. The third kappa shape index (κ3) is 4.95. The maximum atomic E-state index is 2.49. The maximum Gasteiger partial charge on any atom is -1.00 e. The van der Waals surface area contributed by atoms with Crippen LogP contribution < -0.4 is 24.8 Å². The van der Waals surface area contributed by atoms with Crippen LogP contribution in [0.4, 0.5) is 0 Å². The van der Waals surface area contributed by atoms with Gasteiger partial charge in [0.1, 0.15) is 0 Å². The molecular formula is C33H27Cl2Zr. The van der Waals surface area contributed by atoms with E-state index in [0.717, 1.165) is 12.8 Å². The fourth-order valence-electron chi connectivity index (χ4n) is 5.35. The van der Waals surface area contributed by atoms with Gasteiger partial charge in [0.25, 0.3) is 0 Å². The van der Waals surface area contributed by atoms with Gasteiger partial charge in [0, 0.05) is 0 Å². The van der Waals surface area contributed by atoms with Crippen LogP contribution in [0.15, 0.2) is 115 Å². The summed E-state index contributed by atoms with van der Waals surface area (Å²) in [7, 11) is 0. The summed E-state index contributed by atoms with van der Waals surface area (Å²) in [6.45, 7) is 2.28. The number of benzene rings is 4. The monoisotopic (exact) mass is 583 g/mol. The van der Waals surface area contributed by atoms with Crippen LogP contribution in [-0.4, -0.2) is 3.21 Å². The number of hydrogen-bond acceptors (Lipinski definition) is 0. The molecule has 0 bridgehead atoms. The normalized spacial score (nSPS) is 14.6. The minimum Gasteiger partial charge on any atom is -1.00 e. The minimum absolute atomic E-state index is 0. The van der Waals surface area contributed by atoms with Crippen molar-refractivity contribution in [3.05, 3.63) is 149 Å². The van der Waals surface area contributed by atoms with E-state index in [1.165, 1.54) is 44.5 Å². The van der Waals surface area contributed by atoms with Gasteiger partial charge >= 0.3 is 215 Å². The Hall–Kier alpha value is -2.31. The molecule has 6 rings (SSSR count). The van der Waals surface area contributed by atoms with Gasteiger partial charge in [0.15, 0.2) is 0 Å². The molecule has 3 heteroatoms. The standard InChI is InChI=1S/C20H17.C13H10.2ClH.Zr/c1-2-14-11-18(15-7-3-4-8-15)20-13-16-9-5-6-10-17(16)19(20)12-14;1-3-7-12(8-4-1)11-13-9-5-2-6-10-13;;;/h3-7,9-13H,2,8H2,1H3;1-10H;2*1H;/q;;;;+2/p-2. The molecule has 1 unspecified atom stereocenters. The van der Waals surface area contributed by atoms with Gasteiger partial charge in [0.2, 0.25) is 0 Å². The van der Waals surface area contributed by atoms with Crippen LogP contribution >= 0.6 is 0 Å². The maximum absolute atomic E-state index is 2.49. The topological polar surface area (TPSA) is 0 Å². The number of rotatable bonds is 5. The summed E-state index contributed by atoms with van der Waals surface area (Å²) in [4.78, 5) is 0. The summed E-state index contributed by atoms with van der Waals surface area (Å²) in [5, 5.41) is 0. The van der Waals surface area contributed by atoms with Gasteiger partial charge in [-0.2, -0.15) is 0 Å². The van der Waals surface area contributed by atoms with E-state index in [1.54, 1.807) is 8.77 Å². The molecule has 0 spiro atoms. The van der Waals surface area contributed by atoms with E-state index < -0.39 is 22.8 Å². The average molecular weight is 586 g/mol. The van der Waals surface area contributed by atoms with Crippen molar-refractivity contribution in [2.75, 3.05) is 0 Å². The summed E-state index contributed by atoms with van der Waals surface area (Å²) < 4.78 is 2.09. The zero-order chi connectivity index (χ0) is 22.9. The smallest absolute Gasteiger partial charge is 1.00 e. The molecule has 0 saturated heterocycles. The summed E-state index contributed by atoms with van der Waals surface area (Å²) in [6.07, 6.45) is 8.96. The Bertz CT molecular complexity index is 1410. The number of halogens is 2. The van der Waals surface area contributed by atoms with Gasteiger partial charge in [-0.1, -0.05) is 0 Å². The molecule has 0 fully saturated rings. The first-order valence-electron chi connectivity index (χ1n) is 12.2. The van der Waals surface area contributed by atoms with Crippen LogP contribution in [0.3, 0.4) is 0 Å². The molecule has 1 atom stereocenters. The van der Waals surface area contributed by atoms with Gasteiger partial charge in [0.05, 0.1) is 0 Å². The molecule has 2 aliphatic carbocycles. The van der Waals surface area contributed by atoms with Crippen LogP contribution in [0.5, 0.6) is 0 Å². The van der Waals surface area contributed by atoms with Crippen molar-refractivity contribution in [2.45, 2.75) is 23.4 Å². The zero-order valence-corrected chi connectivity index (χ0v) is 24.2. The summed E-state index contributed by atoms with van der Waals surface area (Å²) in [5.74, 6) is 0. The fraction of sp³-hybridized carbons (Fsp3) is 0.121. The van der Waals surface area contributed by atoms with Crippen LogP contribution in [-0.2, 0) is 29.2 Å². The van der Waals surface area contributed by atoms with Gasteiger partial charge in [-0.15, -0.1) is 0 Å². The molecule has 36 heavy (non-hydrogen) atoms. The van der Waals surface area contributed by atoms with E-state index in [4.69, 9.17) is 0 Å². The van der Waals surface area contributed by atoms with E-state index in [0.29, 0.717) is 3.63 Å². The number of allylic oxidation sites excluding steroid dienone is 4. The Labute approximate surface area is 238 Å². The number of fused-ring (bicyclic) bond motifs is 3. The van der Waals surface area contributed by atoms with Crippen LogP contribution in [0.1, 0.15) is 50.4 Å². The SMILES string of the molecule is CCc1cc(C2=CC=CC2)c2c(c1)-c1ccccc1[CH]2[Zr+2]=[C](c1ccccc1)c1ccccc1.[Cl-].[Cl-]. The molecule has 0 radical (unpaired) electrons. The van der Waals surface area contributed by atoms with Crippen molar-refractivity contribution in [2.24, 2.45) is 0 Å². The van der Waals surface area contributed by atoms with Crippen LogP contribution in [0.25, 0.3) is 16.7 Å². The molecule has 0 amide bonds. The van der Waals surface area contributed by atoms with Crippen molar-refractivity contribution in [3.8, 4) is 11.1 Å². The first kappa shape index (κ1) is 26.7. The molecule has 0 N–H and O–H groups in total. The molecule has 0 saturated carbocycles. The predicted octanol–water partition coefficient (Wildman–Crippen LogP) is 2.02. The molecule has 177 valence electrons. The van der Waals surface area contributed by atoms with Crippen molar-refractivity contribution in [1.29, 1.82) is 0 Å². The van der Waals surface area contributed by atoms with E-state index in [9.17, 15) is 0 Å². The van der Waals surface area contributed by atoms with E-state index >= 15 is 0 Å². The van der Waals surface area contributed by atoms with Gasteiger partial charge in [-0.3, -0.25) is 0 Å². The third-order valence-electron chi connectivity index (χ3n) is 7.03. The molecular weight excluding hydrogens is 558 g/mol. The van der Waals surface area contributed by atoms with Crippen molar-refractivity contribution >= 4 is 8.78 Å². The van der Waals surface area contributed by atoms with Crippen molar-refractivity contribution in [1.82, 2.24) is 0 Å². The average Bonchev–Trinajstić information content (AvgIpc) is 3.55. The Kier molecular flexibility index (Phi) is 8.79. The Morgan fingerprint density at radius 1 is 0.750 bits per heavy atom. The Morgan fingerprint density at radius 2 is 1.36 bits per heavy atom. The fourth-order valence-corrected chi connectivity index (χ4v) is 9.82. The van der Waals surface area contributed by atoms with Crippen molar-refractivity contribution < 1.29 is 47.6 Å². The molecule has 2 aliphatic rings. The van der Waals surface area contributed by atoms with Crippen molar-refractivity contribution in [3.63, 3.8) is 0 Å². The summed E-state index contributed by atoms with van der Waals surface area (Å²) in [5.41, 5.74) is 13.2. The first-order chi connectivity index (χ1) is 16.8. The van der Waals surface area contributed by atoms with E-state index in [2.05, 4.69) is 122 Å². The second-order valence-corrected chi connectivity index (χ2v) is 12.4. The van der Waals surface area contributed by atoms with Gasteiger partial charge in [-0.25, -0.2) is 0 Å². The Balaban J connectivity index is 0.00000152. The molecule has 0 nitrogen and oxygen atoms in total. The third-order valence-corrected chi connectivity index (χ3v) is 11.3. The minimum atomic E-state index is -1.09. The van der Waals surface area contributed by atoms with Gasteiger partial charge in [-0.05, 0) is 0 Å². The Morgan fingerprint density at radius 3 is 1.97 bits per heavy atom. The molecule has 0 aliphatic heterocycles. The largest absolute Gasteiger partial charge is 1.00 e. The summed E-state index contributed by atoms with van der Waals surface area (Å²) in [6, 6.07) is 36.3. The molecule has 0 aromatic heterocycles. The number of aryl methyl sites for hydroxylation is 1. The second kappa shape index (κ2) is 11.8. The zero-order valence-electron chi connectivity index (χ0n) is 20.2. The number of hydrogen-bond donors (Lipinski definition) is 0. The first-order valence-corrected chi connectivity index (χ1v) is 14.8. The molecule has 4 aromatic carbocycles. The van der Waals surface area contributed by atoms with Crippen LogP contribution in [0, 0.1) is 0 Å². The summed E-state index contributed by atoms with van der Waals surface area (Å²) >= 11 is -1.09. The second-order valence-electron chi connectivity index (χ2n) is 9.05. The molecule has 4 aromatic rings. The van der Waals surface area contributed by atoms with E-state index in [-0.39, 0.29) is 24.8 Å². The quantitative estimate of drug-likeness (QED) is 0.337. The van der Waals surface area contributed by atoms with E-state index in [1.807, 2.05) is 0 Å². The molecule has 0 heterocycles. The van der Waals surface area contributed by atoms with Gasteiger partial charge < -0.3 is 24.8 Å². The van der Waals surface area contributed by atoms with Crippen LogP contribution in [0.2, 0.25) is 0 Å².